The largest absolute Gasteiger partial charge is 0.464 e. The molecule has 2 aromatic heterocycles. The Hall–Kier alpha value is -6.16. The predicted molar refractivity (Wildman–Crippen MR) is 280 cm³/mol. The van der Waals surface area contributed by atoms with E-state index < -0.39 is 47.2 Å². The lowest BCUT2D eigenvalue weighted by molar-refractivity contribution is -0.155. The Morgan fingerprint density at radius 2 is 1.82 bits per heavy atom. The SMILES string of the molecule is C=CC(=O)N1CC[C@H](C(=O)N(C)C(C(=O)N[C@H]2Cc3cccc(c3)-c3ccc4c(c3)c(c(-c3cc(C5=CCN(C)CC5)cnc3[C@H](C)OC)n4CC)CC(C)(C)COC(=O)[C@@H]3CCCN(N3)C2=O)C(C)C)C1. The van der Waals surface area contributed by atoms with Crippen LogP contribution in [0.1, 0.15) is 95.7 Å². The van der Waals surface area contributed by atoms with Crippen molar-refractivity contribution in [1.29, 1.82) is 0 Å². The highest BCUT2D eigenvalue weighted by Gasteiger charge is 2.40. The summed E-state index contributed by atoms with van der Waals surface area (Å²) in [5.74, 6) is -2.57. The molecule has 2 saturated heterocycles. The number of esters is 1. The second kappa shape index (κ2) is 21.9. The molecule has 2 aromatic carbocycles. The van der Waals surface area contributed by atoms with Gasteiger partial charge in [-0.3, -0.25) is 34.0 Å². The van der Waals surface area contributed by atoms with Crippen molar-refractivity contribution in [1.82, 2.24) is 40.0 Å². The molecule has 5 atom stereocenters. The Kier molecular flexibility index (Phi) is 15.9. The zero-order valence-electron chi connectivity index (χ0n) is 43.8. The van der Waals surface area contributed by atoms with Gasteiger partial charge in [-0.1, -0.05) is 70.7 Å². The maximum Gasteiger partial charge on any atom is 0.324 e. The first kappa shape index (κ1) is 52.2. The number of likely N-dealkylation sites (N-methyl/N-ethyl adjacent to an activating group) is 2. The monoisotopic (exact) mass is 983 g/mol. The average Bonchev–Trinajstić information content (AvgIpc) is 3.99. The topological polar surface area (TPSA) is 159 Å². The van der Waals surface area contributed by atoms with Crippen LogP contribution in [0.2, 0.25) is 0 Å². The Morgan fingerprint density at radius 3 is 2.53 bits per heavy atom. The third-order valence-corrected chi connectivity index (χ3v) is 15.2. The number of carbonyl (C=O) groups excluding carboxylic acids is 5. The lowest BCUT2D eigenvalue weighted by atomic mass is 9.83. The maximum absolute atomic E-state index is 14.8. The average molecular weight is 983 g/mol. The number of rotatable bonds is 11. The van der Waals surface area contributed by atoms with Gasteiger partial charge in [0.25, 0.3) is 5.91 Å². The van der Waals surface area contributed by atoms with Crippen LogP contribution in [0.15, 0.2) is 73.5 Å². The fraction of sp³-hybridized carbons (Fsp3) is 0.509. The number of ether oxygens (including phenoxy) is 2. The normalized spacial score (nSPS) is 21.7. The molecule has 4 aliphatic heterocycles. The summed E-state index contributed by atoms with van der Waals surface area (Å²) in [4.78, 5) is 80.4. The molecule has 6 bridgehead atoms. The molecular weight excluding hydrogens is 909 g/mol. The van der Waals surface area contributed by atoms with Gasteiger partial charge in [0.2, 0.25) is 17.7 Å². The quantitative estimate of drug-likeness (QED) is 0.119. The first-order valence-electron chi connectivity index (χ1n) is 25.8. The zero-order chi connectivity index (χ0) is 51.6. The van der Waals surface area contributed by atoms with Gasteiger partial charge in [-0.15, -0.1) is 0 Å². The van der Waals surface area contributed by atoms with Crippen LogP contribution >= 0.6 is 0 Å². The molecule has 0 saturated carbocycles. The minimum absolute atomic E-state index is 0.128. The summed E-state index contributed by atoms with van der Waals surface area (Å²) in [6.07, 6.45) is 8.38. The molecule has 2 N–H and O–H groups in total. The fourth-order valence-corrected chi connectivity index (χ4v) is 11.1. The molecule has 0 aliphatic carbocycles. The first-order valence-corrected chi connectivity index (χ1v) is 25.8. The minimum atomic E-state index is -1.06. The number of fused-ring (bicyclic) bond motifs is 6. The van der Waals surface area contributed by atoms with Crippen LogP contribution in [-0.2, 0) is 52.8 Å². The molecule has 4 amide bonds. The molecule has 0 radical (unpaired) electrons. The van der Waals surface area contributed by atoms with E-state index in [0.29, 0.717) is 45.3 Å². The summed E-state index contributed by atoms with van der Waals surface area (Å²) >= 11 is 0. The molecule has 4 aromatic rings. The smallest absolute Gasteiger partial charge is 0.324 e. The number of aryl methyl sites for hydroxylation is 1. The van der Waals surface area contributed by atoms with Gasteiger partial charge in [0.1, 0.15) is 18.1 Å². The maximum atomic E-state index is 14.8. The second-order valence-electron chi connectivity index (χ2n) is 21.4. The molecule has 72 heavy (non-hydrogen) atoms. The van der Waals surface area contributed by atoms with Gasteiger partial charge in [-0.2, -0.15) is 0 Å². The van der Waals surface area contributed by atoms with E-state index in [4.69, 9.17) is 14.5 Å². The van der Waals surface area contributed by atoms with Crippen molar-refractivity contribution in [2.45, 2.75) is 111 Å². The summed E-state index contributed by atoms with van der Waals surface area (Å²) in [5, 5.41) is 5.61. The molecule has 384 valence electrons. The number of nitrogens with one attached hydrogen (secondary N) is 2. The standard InChI is InChI=1S/C57H74N8O7/c1-11-49(66)63-26-22-41(33-63)54(68)62(9)51(35(3)4)53(67)59-47-28-37-15-13-16-39(27-37)40-18-19-48-43(29-40)45(31-57(6,7)34-72-56(70)46-17-14-23-65(60-46)55(47)69)52(64(48)12-2)44-30-42(32-58-50(44)36(5)71-10)38-20-24-61(8)25-21-38/h11,13,15-16,18-20,27,29-30,32,35-36,41,46-47,51,60H,1,12,14,17,21-26,28,31,33-34H2,2-10H3,(H,59,67)/t36-,41-,46-,47-,51?/m0/s1. The Morgan fingerprint density at radius 1 is 1.04 bits per heavy atom. The molecule has 15 heteroatoms. The molecule has 1 unspecified atom stereocenters. The highest BCUT2D eigenvalue weighted by atomic mass is 16.5. The minimum Gasteiger partial charge on any atom is -0.464 e. The van der Waals surface area contributed by atoms with Crippen molar-refractivity contribution in [2.75, 3.05) is 60.5 Å². The number of cyclic esters (lactones) is 1. The number of nitrogens with zero attached hydrogens (tertiary/aromatic N) is 6. The van der Waals surface area contributed by atoms with Gasteiger partial charge >= 0.3 is 5.97 Å². The van der Waals surface area contributed by atoms with Crippen LogP contribution in [0.3, 0.4) is 0 Å². The van der Waals surface area contributed by atoms with Gasteiger partial charge in [0.05, 0.1) is 30.0 Å². The van der Waals surface area contributed by atoms with E-state index in [-0.39, 0.29) is 43.4 Å². The van der Waals surface area contributed by atoms with Crippen LogP contribution in [0, 0.1) is 17.3 Å². The lowest BCUT2D eigenvalue weighted by Gasteiger charge is -2.37. The number of hydrogen-bond donors (Lipinski definition) is 2. The summed E-state index contributed by atoms with van der Waals surface area (Å²) in [5.41, 5.74) is 12.9. The van der Waals surface area contributed by atoms with E-state index in [0.717, 1.165) is 75.2 Å². The molecule has 6 heterocycles. The molecule has 4 aliphatic rings. The van der Waals surface area contributed by atoms with Crippen molar-refractivity contribution < 1.29 is 33.4 Å². The van der Waals surface area contributed by atoms with E-state index in [1.54, 1.807) is 19.1 Å². The molecule has 0 spiro atoms. The van der Waals surface area contributed by atoms with Gasteiger partial charge in [0, 0.05) is 87.9 Å². The predicted octanol–water partition coefficient (Wildman–Crippen LogP) is 6.98. The van der Waals surface area contributed by atoms with Crippen molar-refractivity contribution >= 4 is 46.1 Å². The Balaban J connectivity index is 1.21. The van der Waals surface area contributed by atoms with Crippen molar-refractivity contribution in [3.8, 4) is 22.4 Å². The van der Waals surface area contributed by atoms with Gasteiger partial charge in [-0.05, 0) is 117 Å². The number of carbonyl (C=O) groups is 5. The fourth-order valence-electron chi connectivity index (χ4n) is 11.1. The van der Waals surface area contributed by atoms with Crippen molar-refractivity contribution in [2.24, 2.45) is 17.3 Å². The van der Waals surface area contributed by atoms with E-state index in [9.17, 15) is 24.0 Å². The summed E-state index contributed by atoms with van der Waals surface area (Å²) in [6.45, 7) is 19.4. The summed E-state index contributed by atoms with van der Waals surface area (Å²) in [7, 11) is 5.47. The van der Waals surface area contributed by atoms with Crippen molar-refractivity contribution in [3.63, 3.8) is 0 Å². The van der Waals surface area contributed by atoms with E-state index in [1.165, 1.54) is 21.6 Å². The number of hydrazine groups is 1. The molecule has 8 rings (SSSR count). The van der Waals surface area contributed by atoms with Gasteiger partial charge < -0.3 is 34.1 Å². The van der Waals surface area contributed by atoms with Crippen molar-refractivity contribution in [3.05, 3.63) is 95.8 Å². The van der Waals surface area contributed by atoms with Crippen LogP contribution < -0.4 is 10.7 Å². The highest BCUT2D eigenvalue weighted by molar-refractivity contribution is 5.96. The Labute approximate surface area is 424 Å². The first-order chi connectivity index (χ1) is 34.4. The summed E-state index contributed by atoms with van der Waals surface area (Å²) in [6, 6.07) is 14.2. The third-order valence-electron chi connectivity index (χ3n) is 15.2. The lowest BCUT2D eigenvalue weighted by Crippen LogP contribution is -2.62. The van der Waals surface area contributed by atoms with E-state index >= 15 is 0 Å². The summed E-state index contributed by atoms with van der Waals surface area (Å²) < 4.78 is 14.6. The van der Waals surface area contributed by atoms with Crippen LogP contribution in [0.4, 0.5) is 0 Å². The number of pyridine rings is 1. The van der Waals surface area contributed by atoms with Crippen LogP contribution in [0.5, 0.6) is 0 Å². The van der Waals surface area contributed by atoms with Gasteiger partial charge in [-0.25, -0.2) is 5.43 Å². The number of methoxy groups -OCH3 is 1. The molecule has 15 nitrogen and oxygen atoms in total. The number of aromatic nitrogens is 2. The molecular formula is C57H74N8O7. The van der Waals surface area contributed by atoms with E-state index in [2.05, 4.69) is 97.1 Å². The Bertz CT molecular complexity index is 2760. The number of benzene rings is 2. The molecule has 2 fully saturated rings. The second-order valence-corrected chi connectivity index (χ2v) is 21.4. The van der Waals surface area contributed by atoms with Gasteiger partial charge in [0.15, 0.2) is 0 Å². The number of amides is 4. The third kappa shape index (κ3) is 10.9. The number of likely N-dealkylation sites (tertiary alicyclic amines) is 1. The zero-order valence-corrected chi connectivity index (χ0v) is 43.8. The van der Waals surface area contributed by atoms with Crippen LogP contribution in [-0.4, -0.2) is 138 Å². The van der Waals surface area contributed by atoms with E-state index in [1.807, 2.05) is 39.1 Å². The number of hydrogen-bond acceptors (Lipinski definition) is 10. The highest BCUT2D eigenvalue weighted by Crippen LogP contribution is 2.43. The van der Waals surface area contributed by atoms with Crippen LogP contribution in [0.25, 0.3) is 38.9 Å².